The van der Waals surface area contributed by atoms with Crippen molar-refractivity contribution in [2.24, 2.45) is 0 Å². The van der Waals surface area contributed by atoms with E-state index >= 15 is 0 Å². The molecule has 0 fully saturated rings. The van der Waals surface area contributed by atoms with Crippen LogP contribution in [0.4, 0.5) is 4.39 Å². The molecule has 2 nitrogen and oxygen atoms in total. The highest BCUT2D eigenvalue weighted by atomic mass is 19.1. The SMILES string of the molecule is Cc1cc(-c2ccc(C(C)C)c(O)c2)cc(F)n1. The number of phenolic OH excluding ortho intramolecular Hbond substituents is 1. The van der Waals surface area contributed by atoms with Gasteiger partial charge in [0, 0.05) is 11.8 Å². The maximum atomic E-state index is 13.2. The van der Waals surface area contributed by atoms with Crippen molar-refractivity contribution in [3.05, 3.63) is 47.5 Å². The minimum absolute atomic E-state index is 0.248. The highest BCUT2D eigenvalue weighted by molar-refractivity contribution is 5.66. The second kappa shape index (κ2) is 4.77. The molecule has 0 bridgehead atoms. The van der Waals surface area contributed by atoms with E-state index in [1.54, 1.807) is 19.1 Å². The predicted octanol–water partition coefficient (Wildman–Crippen LogP) is 4.03. The number of pyridine rings is 1. The third-order valence-corrected chi connectivity index (χ3v) is 2.91. The Balaban J connectivity index is 2.48. The van der Waals surface area contributed by atoms with Gasteiger partial charge in [0.15, 0.2) is 0 Å². The van der Waals surface area contributed by atoms with Crippen molar-refractivity contribution in [2.75, 3.05) is 0 Å². The minimum atomic E-state index is -0.502. The second-order valence-corrected chi connectivity index (χ2v) is 4.75. The zero-order chi connectivity index (χ0) is 13.3. The van der Waals surface area contributed by atoms with Gasteiger partial charge in [0.2, 0.25) is 5.95 Å². The highest BCUT2D eigenvalue weighted by Gasteiger charge is 2.08. The molecule has 1 aromatic carbocycles. The van der Waals surface area contributed by atoms with Crippen LogP contribution < -0.4 is 0 Å². The molecule has 1 aromatic heterocycles. The van der Waals surface area contributed by atoms with Crippen LogP contribution in [0.3, 0.4) is 0 Å². The van der Waals surface area contributed by atoms with Crippen LogP contribution in [0, 0.1) is 12.9 Å². The molecule has 0 atom stereocenters. The fourth-order valence-electron chi connectivity index (χ4n) is 2.01. The van der Waals surface area contributed by atoms with E-state index in [-0.39, 0.29) is 11.7 Å². The van der Waals surface area contributed by atoms with Gasteiger partial charge in [0.1, 0.15) is 5.75 Å². The molecule has 1 N–H and O–H groups in total. The Morgan fingerprint density at radius 1 is 1.11 bits per heavy atom. The summed E-state index contributed by atoms with van der Waals surface area (Å²) in [5.41, 5.74) is 3.04. The minimum Gasteiger partial charge on any atom is -0.508 e. The highest BCUT2D eigenvalue weighted by Crippen LogP contribution is 2.31. The molecule has 18 heavy (non-hydrogen) atoms. The maximum absolute atomic E-state index is 13.2. The monoisotopic (exact) mass is 245 g/mol. The van der Waals surface area contributed by atoms with E-state index in [2.05, 4.69) is 4.98 Å². The van der Waals surface area contributed by atoms with Crippen LogP contribution in [-0.4, -0.2) is 10.1 Å². The molecule has 1 heterocycles. The number of hydrogen-bond donors (Lipinski definition) is 1. The van der Waals surface area contributed by atoms with Crippen molar-refractivity contribution in [1.29, 1.82) is 0 Å². The first-order valence-electron chi connectivity index (χ1n) is 5.95. The summed E-state index contributed by atoms with van der Waals surface area (Å²) in [7, 11) is 0. The van der Waals surface area contributed by atoms with E-state index in [9.17, 15) is 9.50 Å². The Morgan fingerprint density at radius 3 is 2.39 bits per heavy atom. The molecule has 94 valence electrons. The van der Waals surface area contributed by atoms with Gasteiger partial charge in [0.25, 0.3) is 0 Å². The number of benzene rings is 1. The van der Waals surface area contributed by atoms with Crippen LogP contribution in [0.15, 0.2) is 30.3 Å². The van der Waals surface area contributed by atoms with Crippen molar-refractivity contribution in [3.8, 4) is 16.9 Å². The van der Waals surface area contributed by atoms with E-state index in [0.29, 0.717) is 5.69 Å². The zero-order valence-electron chi connectivity index (χ0n) is 10.7. The number of aromatic nitrogens is 1. The summed E-state index contributed by atoms with van der Waals surface area (Å²) in [5, 5.41) is 9.95. The summed E-state index contributed by atoms with van der Waals surface area (Å²) in [6, 6.07) is 8.61. The van der Waals surface area contributed by atoms with E-state index < -0.39 is 5.95 Å². The molecule has 0 saturated carbocycles. The molecular weight excluding hydrogens is 229 g/mol. The molecular formula is C15H16FNO. The number of rotatable bonds is 2. The normalized spacial score (nSPS) is 10.9. The van der Waals surface area contributed by atoms with Gasteiger partial charge in [-0.05, 0) is 41.7 Å². The van der Waals surface area contributed by atoms with Crippen molar-refractivity contribution >= 4 is 0 Å². The van der Waals surface area contributed by atoms with Crippen molar-refractivity contribution < 1.29 is 9.50 Å². The van der Waals surface area contributed by atoms with Gasteiger partial charge in [-0.1, -0.05) is 26.0 Å². The molecule has 2 rings (SSSR count). The third kappa shape index (κ3) is 2.50. The van der Waals surface area contributed by atoms with Crippen LogP contribution >= 0.6 is 0 Å². The quantitative estimate of drug-likeness (QED) is 0.810. The first-order chi connectivity index (χ1) is 8.47. The smallest absolute Gasteiger partial charge is 0.213 e. The van der Waals surface area contributed by atoms with E-state index in [4.69, 9.17) is 0 Å². The summed E-state index contributed by atoms with van der Waals surface area (Å²) in [6.45, 7) is 5.78. The predicted molar refractivity (Wildman–Crippen MR) is 70.1 cm³/mol. The summed E-state index contributed by atoms with van der Waals surface area (Å²) in [5.74, 6) is 0.00441. The number of nitrogens with zero attached hydrogens (tertiary/aromatic N) is 1. The van der Waals surface area contributed by atoms with Gasteiger partial charge >= 0.3 is 0 Å². The van der Waals surface area contributed by atoms with Crippen LogP contribution in [0.2, 0.25) is 0 Å². The lowest BCUT2D eigenvalue weighted by Crippen LogP contribution is -1.91. The lowest BCUT2D eigenvalue weighted by Gasteiger charge is -2.10. The summed E-state index contributed by atoms with van der Waals surface area (Å²) in [4.78, 5) is 3.70. The third-order valence-electron chi connectivity index (χ3n) is 2.91. The van der Waals surface area contributed by atoms with Gasteiger partial charge in [-0.2, -0.15) is 4.39 Å². The zero-order valence-corrected chi connectivity index (χ0v) is 10.7. The van der Waals surface area contributed by atoms with Crippen LogP contribution in [0.25, 0.3) is 11.1 Å². The summed E-state index contributed by atoms with van der Waals surface area (Å²) >= 11 is 0. The molecule has 0 aliphatic rings. The van der Waals surface area contributed by atoms with Gasteiger partial charge in [0.05, 0.1) is 0 Å². The van der Waals surface area contributed by atoms with Gasteiger partial charge < -0.3 is 5.11 Å². The number of phenols is 1. The van der Waals surface area contributed by atoms with Gasteiger partial charge in [-0.3, -0.25) is 0 Å². The van der Waals surface area contributed by atoms with Crippen LogP contribution in [0.1, 0.15) is 31.0 Å². The van der Waals surface area contributed by atoms with Crippen molar-refractivity contribution in [1.82, 2.24) is 4.98 Å². The molecule has 3 heteroatoms. The Kier molecular flexibility index (Phi) is 3.32. The standard InChI is InChI=1S/C15H16FNO/c1-9(2)13-5-4-11(7-14(13)18)12-6-10(3)17-15(16)8-12/h4-9,18H,1-3H3. The lowest BCUT2D eigenvalue weighted by molar-refractivity contribution is 0.465. The Morgan fingerprint density at radius 2 is 1.83 bits per heavy atom. The first-order valence-corrected chi connectivity index (χ1v) is 5.95. The Labute approximate surface area is 106 Å². The van der Waals surface area contributed by atoms with Crippen LogP contribution in [0.5, 0.6) is 5.75 Å². The number of hydrogen-bond acceptors (Lipinski definition) is 2. The molecule has 0 unspecified atom stereocenters. The van der Waals surface area contributed by atoms with E-state index in [0.717, 1.165) is 16.7 Å². The summed E-state index contributed by atoms with van der Waals surface area (Å²) in [6.07, 6.45) is 0. The molecule has 2 aromatic rings. The van der Waals surface area contributed by atoms with Crippen LogP contribution in [-0.2, 0) is 0 Å². The van der Waals surface area contributed by atoms with Gasteiger partial charge in [-0.25, -0.2) is 4.98 Å². The lowest BCUT2D eigenvalue weighted by atomic mass is 9.97. The molecule has 0 aliphatic heterocycles. The largest absolute Gasteiger partial charge is 0.508 e. The molecule has 0 amide bonds. The fourth-order valence-corrected chi connectivity index (χ4v) is 2.01. The average Bonchev–Trinajstić information content (AvgIpc) is 2.26. The Hall–Kier alpha value is -1.90. The fraction of sp³-hybridized carbons (Fsp3) is 0.267. The second-order valence-electron chi connectivity index (χ2n) is 4.75. The topological polar surface area (TPSA) is 33.1 Å². The molecule has 0 saturated heterocycles. The number of aromatic hydroxyl groups is 1. The van der Waals surface area contributed by atoms with E-state index in [1.165, 1.54) is 6.07 Å². The van der Waals surface area contributed by atoms with Crippen molar-refractivity contribution in [2.45, 2.75) is 26.7 Å². The molecule has 0 radical (unpaired) electrons. The molecule has 0 spiro atoms. The van der Waals surface area contributed by atoms with Gasteiger partial charge in [-0.15, -0.1) is 0 Å². The summed E-state index contributed by atoms with van der Waals surface area (Å²) < 4.78 is 13.2. The number of halogens is 1. The van der Waals surface area contributed by atoms with E-state index in [1.807, 2.05) is 26.0 Å². The Bertz CT molecular complexity index is 558. The number of aryl methyl sites for hydroxylation is 1. The average molecular weight is 245 g/mol. The first kappa shape index (κ1) is 12.6. The molecule has 0 aliphatic carbocycles. The van der Waals surface area contributed by atoms with Crippen molar-refractivity contribution in [3.63, 3.8) is 0 Å². The maximum Gasteiger partial charge on any atom is 0.213 e.